The van der Waals surface area contributed by atoms with Crippen molar-refractivity contribution in [2.45, 2.75) is 52.1 Å². The van der Waals surface area contributed by atoms with Crippen molar-refractivity contribution in [1.82, 2.24) is 4.90 Å². The molecule has 1 aliphatic rings. The van der Waals surface area contributed by atoms with Crippen LogP contribution in [0.1, 0.15) is 46.5 Å². The van der Waals surface area contributed by atoms with Crippen LogP contribution in [0.4, 0.5) is 4.79 Å². The van der Waals surface area contributed by atoms with Crippen LogP contribution in [-0.2, 0) is 14.3 Å². The van der Waals surface area contributed by atoms with Gasteiger partial charge in [0.05, 0.1) is 7.11 Å². The number of amides is 1. The number of methoxy groups -OCH3 is 1. The van der Waals surface area contributed by atoms with E-state index in [1.807, 2.05) is 20.8 Å². The lowest BCUT2D eigenvalue weighted by molar-refractivity contribution is -0.141. The van der Waals surface area contributed by atoms with Gasteiger partial charge >= 0.3 is 12.1 Å². The van der Waals surface area contributed by atoms with Gasteiger partial charge < -0.3 is 14.4 Å². The van der Waals surface area contributed by atoms with E-state index in [2.05, 4.69) is 4.74 Å². The first kappa shape index (κ1) is 15.8. The van der Waals surface area contributed by atoms with Crippen LogP contribution < -0.4 is 0 Å². The van der Waals surface area contributed by atoms with Gasteiger partial charge in [-0.05, 0) is 46.0 Å². The summed E-state index contributed by atoms with van der Waals surface area (Å²) in [6, 6.07) is 0. The lowest BCUT2D eigenvalue weighted by Gasteiger charge is -2.26. The minimum atomic E-state index is -0.463. The van der Waals surface area contributed by atoms with Gasteiger partial charge in [0.1, 0.15) is 5.60 Å². The van der Waals surface area contributed by atoms with Crippen LogP contribution in [-0.4, -0.2) is 42.8 Å². The number of nitrogens with zero attached hydrogens (tertiary/aromatic N) is 1. The summed E-state index contributed by atoms with van der Waals surface area (Å²) in [4.78, 5) is 25.0. The number of rotatable bonds is 2. The number of ether oxygens (including phenoxy) is 2. The summed E-state index contributed by atoms with van der Waals surface area (Å²) in [5.41, 5.74) is -0.463. The second-order valence-electron chi connectivity index (χ2n) is 6.04. The Hall–Kier alpha value is -1.26. The van der Waals surface area contributed by atoms with Crippen molar-refractivity contribution < 1.29 is 19.1 Å². The Kier molecular flexibility index (Phi) is 5.63. The van der Waals surface area contributed by atoms with Gasteiger partial charge in [0.2, 0.25) is 0 Å². The van der Waals surface area contributed by atoms with Gasteiger partial charge in [0, 0.05) is 19.5 Å². The van der Waals surface area contributed by atoms with Crippen molar-refractivity contribution in [3.8, 4) is 0 Å². The Bertz CT molecular complexity index is 322. The third-order valence-corrected chi connectivity index (χ3v) is 3.18. The second kappa shape index (κ2) is 6.78. The predicted octanol–water partition coefficient (Wildman–Crippen LogP) is 2.59. The molecular weight excluding hydrogens is 246 g/mol. The number of esters is 1. The number of carbonyl (C=O) groups excluding carboxylic acids is 2. The smallest absolute Gasteiger partial charge is 0.410 e. The maximum atomic E-state index is 12.0. The summed E-state index contributed by atoms with van der Waals surface area (Å²) in [7, 11) is 1.41. The van der Waals surface area contributed by atoms with E-state index in [0.717, 1.165) is 19.3 Å². The number of hydrogen-bond donors (Lipinski definition) is 0. The molecular formula is C14H25NO4. The zero-order valence-corrected chi connectivity index (χ0v) is 12.4. The first-order valence-electron chi connectivity index (χ1n) is 6.86. The van der Waals surface area contributed by atoms with Gasteiger partial charge in [0.25, 0.3) is 0 Å². The largest absolute Gasteiger partial charge is 0.469 e. The lowest BCUT2D eigenvalue weighted by atomic mass is 9.97. The van der Waals surface area contributed by atoms with Crippen molar-refractivity contribution in [3.63, 3.8) is 0 Å². The molecule has 0 aliphatic carbocycles. The normalized spacial score (nSPS) is 20.6. The van der Waals surface area contributed by atoms with Crippen molar-refractivity contribution in [2.75, 3.05) is 20.2 Å². The minimum Gasteiger partial charge on any atom is -0.469 e. The maximum Gasteiger partial charge on any atom is 0.410 e. The Morgan fingerprint density at radius 3 is 2.47 bits per heavy atom. The standard InChI is InChI=1S/C14H25NO4/c1-14(2,3)19-13(17)15-8-5-6-11(7-9-15)10-12(16)18-4/h11H,5-10H2,1-4H3. The SMILES string of the molecule is COC(=O)CC1CCCN(C(=O)OC(C)(C)C)CC1. The molecule has 0 spiro atoms. The highest BCUT2D eigenvalue weighted by Gasteiger charge is 2.26. The average Bonchev–Trinajstić information content (AvgIpc) is 2.52. The zero-order valence-electron chi connectivity index (χ0n) is 12.4. The topological polar surface area (TPSA) is 55.8 Å². The van der Waals surface area contributed by atoms with Crippen molar-refractivity contribution in [1.29, 1.82) is 0 Å². The molecule has 110 valence electrons. The molecule has 1 amide bonds. The molecule has 0 aromatic heterocycles. The van der Waals surface area contributed by atoms with Crippen LogP contribution in [0.15, 0.2) is 0 Å². The van der Waals surface area contributed by atoms with E-state index in [1.54, 1.807) is 4.90 Å². The third kappa shape index (κ3) is 5.94. The van der Waals surface area contributed by atoms with E-state index in [4.69, 9.17) is 4.74 Å². The molecule has 1 fully saturated rings. The van der Waals surface area contributed by atoms with Gasteiger partial charge in [-0.15, -0.1) is 0 Å². The molecule has 19 heavy (non-hydrogen) atoms. The second-order valence-corrected chi connectivity index (χ2v) is 6.04. The summed E-state index contributed by atoms with van der Waals surface area (Å²) in [5.74, 6) is 0.135. The minimum absolute atomic E-state index is 0.171. The van der Waals surface area contributed by atoms with E-state index < -0.39 is 5.60 Å². The summed E-state index contributed by atoms with van der Waals surface area (Å²) in [6.07, 6.45) is 2.87. The molecule has 5 heteroatoms. The predicted molar refractivity (Wildman–Crippen MR) is 71.8 cm³/mol. The number of carbonyl (C=O) groups is 2. The summed E-state index contributed by atoms with van der Waals surface area (Å²) < 4.78 is 10.1. The number of likely N-dealkylation sites (tertiary alicyclic amines) is 1. The van der Waals surface area contributed by atoms with E-state index in [0.29, 0.717) is 25.4 Å². The van der Waals surface area contributed by atoms with Crippen molar-refractivity contribution in [2.24, 2.45) is 5.92 Å². The monoisotopic (exact) mass is 271 g/mol. The van der Waals surface area contributed by atoms with E-state index >= 15 is 0 Å². The Labute approximate surface area is 115 Å². The molecule has 1 heterocycles. The van der Waals surface area contributed by atoms with Gasteiger partial charge in [-0.25, -0.2) is 4.79 Å². The molecule has 5 nitrogen and oxygen atoms in total. The van der Waals surface area contributed by atoms with Gasteiger partial charge in [0.15, 0.2) is 0 Å². The zero-order chi connectivity index (χ0) is 14.5. The fourth-order valence-corrected chi connectivity index (χ4v) is 2.20. The molecule has 0 saturated carbocycles. The highest BCUT2D eigenvalue weighted by molar-refractivity contribution is 5.69. The fourth-order valence-electron chi connectivity index (χ4n) is 2.20. The van der Waals surface area contributed by atoms with Crippen LogP contribution in [0.3, 0.4) is 0 Å². The molecule has 0 aromatic rings. The van der Waals surface area contributed by atoms with Gasteiger partial charge in [-0.1, -0.05) is 0 Å². The van der Waals surface area contributed by atoms with Crippen LogP contribution >= 0.6 is 0 Å². The average molecular weight is 271 g/mol. The van der Waals surface area contributed by atoms with Crippen molar-refractivity contribution in [3.05, 3.63) is 0 Å². The first-order chi connectivity index (χ1) is 8.81. The fraction of sp³-hybridized carbons (Fsp3) is 0.857. The summed E-state index contributed by atoms with van der Waals surface area (Å²) in [5, 5.41) is 0. The molecule has 1 rings (SSSR count). The van der Waals surface area contributed by atoms with E-state index in [-0.39, 0.29) is 12.1 Å². The molecule has 0 N–H and O–H groups in total. The molecule has 0 bridgehead atoms. The van der Waals surface area contributed by atoms with Crippen LogP contribution in [0.5, 0.6) is 0 Å². The Morgan fingerprint density at radius 2 is 1.89 bits per heavy atom. The van der Waals surface area contributed by atoms with Crippen molar-refractivity contribution >= 4 is 12.1 Å². The van der Waals surface area contributed by atoms with E-state index in [9.17, 15) is 9.59 Å². The molecule has 0 aromatic carbocycles. The molecule has 1 saturated heterocycles. The Balaban J connectivity index is 2.45. The summed E-state index contributed by atoms with van der Waals surface area (Å²) in [6.45, 7) is 6.94. The van der Waals surface area contributed by atoms with Crippen LogP contribution in [0, 0.1) is 5.92 Å². The van der Waals surface area contributed by atoms with E-state index in [1.165, 1.54) is 7.11 Å². The molecule has 1 aliphatic heterocycles. The molecule has 1 atom stereocenters. The summed E-state index contributed by atoms with van der Waals surface area (Å²) >= 11 is 0. The highest BCUT2D eigenvalue weighted by atomic mass is 16.6. The van der Waals surface area contributed by atoms with Gasteiger partial charge in [-0.2, -0.15) is 0 Å². The quantitative estimate of drug-likeness (QED) is 0.724. The first-order valence-corrected chi connectivity index (χ1v) is 6.86. The van der Waals surface area contributed by atoms with Crippen LogP contribution in [0.25, 0.3) is 0 Å². The highest BCUT2D eigenvalue weighted by Crippen LogP contribution is 2.22. The Morgan fingerprint density at radius 1 is 1.21 bits per heavy atom. The van der Waals surface area contributed by atoms with Crippen LogP contribution in [0.2, 0.25) is 0 Å². The third-order valence-electron chi connectivity index (χ3n) is 3.18. The number of hydrogen-bond acceptors (Lipinski definition) is 4. The van der Waals surface area contributed by atoms with Gasteiger partial charge in [-0.3, -0.25) is 4.79 Å². The maximum absolute atomic E-state index is 12.0. The molecule has 1 unspecified atom stereocenters. The lowest BCUT2D eigenvalue weighted by Crippen LogP contribution is -2.37. The molecule has 0 radical (unpaired) electrons.